The zero-order valence-electron chi connectivity index (χ0n) is 13.9. The lowest BCUT2D eigenvalue weighted by Gasteiger charge is -2.19. The van der Waals surface area contributed by atoms with E-state index in [4.69, 9.17) is 0 Å². The van der Waals surface area contributed by atoms with E-state index in [2.05, 4.69) is 29.6 Å². The van der Waals surface area contributed by atoms with E-state index in [0.717, 1.165) is 16.7 Å². The molecule has 0 saturated heterocycles. The summed E-state index contributed by atoms with van der Waals surface area (Å²) in [6.45, 7) is 0.522. The number of carbonyl (C=O) groups excluding carboxylic acids is 1. The molecule has 3 rings (SSSR count). The Morgan fingerprint density at radius 1 is 0.800 bits per heavy atom. The fourth-order valence-corrected chi connectivity index (χ4v) is 2.86. The number of nitrogens with one attached hydrogen (secondary N) is 1. The number of hydrogen-bond acceptors (Lipinski definition) is 1. The second-order valence-electron chi connectivity index (χ2n) is 5.98. The molecule has 126 valence electrons. The van der Waals surface area contributed by atoms with Gasteiger partial charge in [0, 0.05) is 12.5 Å². The van der Waals surface area contributed by atoms with Crippen LogP contribution in [0.15, 0.2) is 84.9 Å². The minimum Gasteiger partial charge on any atom is -0.355 e. The second kappa shape index (κ2) is 8.25. The predicted octanol–water partition coefficient (Wildman–Crippen LogP) is 4.32. The molecular weight excluding hydrogens is 313 g/mol. The largest absolute Gasteiger partial charge is 0.355 e. The Morgan fingerprint density at radius 2 is 1.32 bits per heavy atom. The number of carbonyl (C=O) groups is 1. The first-order chi connectivity index (χ1) is 12.2. The summed E-state index contributed by atoms with van der Waals surface area (Å²) in [5.74, 6) is -0.264. The van der Waals surface area contributed by atoms with Crippen LogP contribution in [-0.4, -0.2) is 12.5 Å². The first-order valence-corrected chi connectivity index (χ1v) is 8.33. The van der Waals surface area contributed by atoms with Crippen molar-refractivity contribution in [3.05, 3.63) is 107 Å². The van der Waals surface area contributed by atoms with E-state index in [-0.39, 0.29) is 24.1 Å². The Bertz CT molecular complexity index is 761. The molecule has 0 atom stereocenters. The molecule has 0 aliphatic rings. The van der Waals surface area contributed by atoms with Crippen molar-refractivity contribution < 1.29 is 9.18 Å². The van der Waals surface area contributed by atoms with Gasteiger partial charge in [-0.05, 0) is 28.8 Å². The van der Waals surface area contributed by atoms with E-state index in [9.17, 15) is 9.18 Å². The molecule has 3 aromatic carbocycles. The van der Waals surface area contributed by atoms with E-state index in [1.165, 1.54) is 12.1 Å². The van der Waals surface area contributed by atoms with Gasteiger partial charge in [0.15, 0.2) is 0 Å². The molecule has 3 aromatic rings. The number of amides is 1. The molecule has 0 saturated carbocycles. The quantitative estimate of drug-likeness (QED) is 0.715. The molecule has 0 fully saturated rings. The highest BCUT2D eigenvalue weighted by Crippen LogP contribution is 2.23. The van der Waals surface area contributed by atoms with Gasteiger partial charge in [-0.2, -0.15) is 0 Å². The SMILES string of the molecule is O=C(Cc1ccc(F)cc1)NCC(c1ccccc1)c1ccccc1. The van der Waals surface area contributed by atoms with Crippen LogP contribution in [0.3, 0.4) is 0 Å². The third-order valence-electron chi connectivity index (χ3n) is 4.19. The smallest absolute Gasteiger partial charge is 0.224 e. The van der Waals surface area contributed by atoms with Gasteiger partial charge in [0.1, 0.15) is 5.82 Å². The van der Waals surface area contributed by atoms with Gasteiger partial charge in [0.05, 0.1) is 6.42 Å². The van der Waals surface area contributed by atoms with E-state index >= 15 is 0 Å². The monoisotopic (exact) mass is 333 g/mol. The first kappa shape index (κ1) is 16.9. The molecule has 0 bridgehead atoms. The van der Waals surface area contributed by atoms with Crippen molar-refractivity contribution in [2.45, 2.75) is 12.3 Å². The van der Waals surface area contributed by atoms with Crippen LogP contribution in [0.2, 0.25) is 0 Å². The lowest BCUT2D eigenvalue weighted by Crippen LogP contribution is -2.30. The third kappa shape index (κ3) is 4.77. The maximum absolute atomic E-state index is 13.0. The van der Waals surface area contributed by atoms with Crippen molar-refractivity contribution >= 4 is 5.91 Å². The molecule has 1 N–H and O–H groups in total. The number of hydrogen-bond donors (Lipinski definition) is 1. The highest BCUT2D eigenvalue weighted by atomic mass is 19.1. The lowest BCUT2D eigenvalue weighted by atomic mass is 9.91. The molecule has 1 amide bonds. The molecule has 0 radical (unpaired) electrons. The van der Waals surface area contributed by atoms with Gasteiger partial charge in [-0.15, -0.1) is 0 Å². The summed E-state index contributed by atoms with van der Waals surface area (Å²) < 4.78 is 13.0. The van der Waals surface area contributed by atoms with Crippen LogP contribution in [0.25, 0.3) is 0 Å². The Kier molecular flexibility index (Phi) is 5.57. The van der Waals surface area contributed by atoms with Gasteiger partial charge in [-0.3, -0.25) is 4.79 Å². The van der Waals surface area contributed by atoms with Gasteiger partial charge in [0.2, 0.25) is 5.91 Å². The van der Waals surface area contributed by atoms with E-state index in [0.29, 0.717) is 6.54 Å². The topological polar surface area (TPSA) is 29.1 Å². The zero-order chi connectivity index (χ0) is 17.5. The fourth-order valence-electron chi connectivity index (χ4n) is 2.86. The molecule has 25 heavy (non-hydrogen) atoms. The van der Waals surface area contributed by atoms with Crippen LogP contribution in [-0.2, 0) is 11.2 Å². The Balaban J connectivity index is 1.68. The average molecular weight is 333 g/mol. The normalized spacial score (nSPS) is 10.6. The number of rotatable bonds is 6. The van der Waals surface area contributed by atoms with Crippen LogP contribution >= 0.6 is 0 Å². The maximum Gasteiger partial charge on any atom is 0.224 e. The summed E-state index contributed by atoms with van der Waals surface area (Å²) in [6, 6.07) is 26.3. The Labute approximate surface area is 147 Å². The average Bonchev–Trinajstić information content (AvgIpc) is 2.66. The van der Waals surface area contributed by atoms with Crippen molar-refractivity contribution in [3.8, 4) is 0 Å². The van der Waals surface area contributed by atoms with Gasteiger partial charge in [-0.1, -0.05) is 72.8 Å². The van der Waals surface area contributed by atoms with Crippen LogP contribution in [0.4, 0.5) is 4.39 Å². The summed E-state index contributed by atoms with van der Waals surface area (Å²) in [6.07, 6.45) is 0.247. The van der Waals surface area contributed by atoms with Gasteiger partial charge in [-0.25, -0.2) is 4.39 Å². The predicted molar refractivity (Wildman–Crippen MR) is 97.8 cm³/mol. The fraction of sp³-hybridized carbons (Fsp3) is 0.136. The molecule has 0 aromatic heterocycles. The van der Waals surface area contributed by atoms with Crippen molar-refractivity contribution in [2.24, 2.45) is 0 Å². The van der Waals surface area contributed by atoms with Crippen molar-refractivity contribution in [1.29, 1.82) is 0 Å². The van der Waals surface area contributed by atoms with Crippen LogP contribution < -0.4 is 5.32 Å². The molecule has 0 aliphatic heterocycles. The second-order valence-corrected chi connectivity index (χ2v) is 5.98. The lowest BCUT2D eigenvalue weighted by molar-refractivity contribution is -0.120. The van der Waals surface area contributed by atoms with E-state index in [1.807, 2.05) is 36.4 Å². The molecule has 0 spiro atoms. The Morgan fingerprint density at radius 3 is 1.84 bits per heavy atom. The van der Waals surface area contributed by atoms with Crippen molar-refractivity contribution in [1.82, 2.24) is 5.32 Å². The van der Waals surface area contributed by atoms with E-state index < -0.39 is 0 Å². The summed E-state index contributed by atoms with van der Waals surface area (Å²) in [5, 5.41) is 3.01. The van der Waals surface area contributed by atoms with Crippen molar-refractivity contribution in [2.75, 3.05) is 6.54 Å². The van der Waals surface area contributed by atoms with Crippen molar-refractivity contribution in [3.63, 3.8) is 0 Å². The van der Waals surface area contributed by atoms with Gasteiger partial charge in [0.25, 0.3) is 0 Å². The van der Waals surface area contributed by atoms with Gasteiger partial charge >= 0.3 is 0 Å². The molecule has 0 unspecified atom stereocenters. The highest BCUT2D eigenvalue weighted by molar-refractivity contribution is 5.78. The van der Waals surface area contributed by atoms with Crippen LogP contribution in [0, 0.1) is 5.82 Å². The minimum absolute atomic E-state index is 0.0662. The minimum atomic E-state index is -0.294. The third-order valence-corrected chi connectivity index (χ3v) is 4.19. The van der Waals surface area contributed by atoms with Crippen LogP contribution in [0.1, 0.15) is 22.6 Å². The molecule has 3 heteroatoms. The van der Waals surface area contributed by atoms with Gasteiger partial charge < -0.3 is 5.32 Å². The molecule has 2 nitrogen and oxygen atoms in total. The maximum atomic E-state index is 13.0. The van der Waals surface area contributed by atoms with Crippen LogP contribution in [0.5, 0.6) is 0 Å². The first-order valence-electron chi connectivity index (χ1n) is 8.33. The van der Waals surface area contributed by atoms with E-state index in [1.54, 1.807) is 12.1 Å². The number of halogens is 1. The molecule has 0 heterocycles. The molecular formula is C22H20FNO. The number of benzene rings is 3. The summed E-state index contributed by atoms with van der Waals surface area (Å²) in [5.41, 5.74) is 3.13. The summed E-state index contributed by atoms with van der Waals surface area (Å²) in [4.78, 5) is 12.3. The standard InChI is InChI=1S/C22H20FNO/c23-20-13-11-17(12-14-20)15-22(25)24-16-21(18-7-3-1-4-8-18)19-9-5-2-6-10-19/h1-14,21H,15-16H2,(H,24,25). The summed E-state index contributed by atoms with van der Waals surface area (Å²) >= 11 is 0. The molecule has 0 aliphatic carbocycles. The highest BCUT2D eigenvalue weighted by Gasteiger charge is 2.15. The zero-order valence-corrected chi connectivity index (χ0v) is 13.9. The summed E-state index contributed by atoms with van der Waals surface area (Å²) in [7, 11) is 0. The Hall–Kier alpha value is -2.94.